The molecule has 1 atom stereocenters. The van der Waals surface area contributed by atoms with E-state index in [2.05, 4.69) is 22.8 Å². The summed E-state index contributed by atoms with van der Waals surface area (Å²) < 4.78 is 5.99. The van der Waals surface area contributed by atoms with Gasteiger partial charge in [-0.1, -0.05) is 36.4 Å². The quantitative estimate of drug-likeness (QED) is 0.774. The Morgan fingerprint density at radius 2 is 2.12 bits per heavy atom. The Bertz CT molecular complexity index is 891. The lowest BCUT2D eigenvalue weighted by Gasteiger charge is -2.22. The molecule has 1 amide bonds. The minimum Gasteiger partial charge on any atom is -0.450 e. The van der Waals surface area contributed by atoms with Gasteiger partial charge >= 0.3 is 0 Å². The fourth-order valence-corrected chi connectivity index (χ4v) is 3.58. The van der Waals surface area contributed by atoms with E-state index in [0.29, 0.717) is 18.2 Å². The molecule has 0 radical (unpaired) electrons. The van der Waals surface area contributed by atoms with Crippen molar-refractivity contribution in [2.75, 3.05) is 19.6 Å². The molecule has 124 valence electrons. The van der Waals surface area contributed by atoms with Gasteiger partial charge in [-0.3, -0.25) is 4.79 Å². The van der Waals surface area contributed by atoms with E-state index in [1.54, 1.807) is 0 Å². The molecule has 1 aliphatic heterocycles. The Balaban J connectivity index is 1.62. The van der Waals surface area contributed by atoms with Gasteiger partial charge in [-0.15, -0.1) is 0 Å². The van der Waals surface area contributed by atoms with Crippen molar-refractivity contribution >= 4 is 27.6 Å². The van der Waals surface area contributed by atoms with E-state index < -0.39 is 0 Å². The zero-order valence-electron chi connectivity index (χ0n) is 13.9. The molecule has 24 heavy (non-hydrogen) atoms. The Morgan fingerprint density at radius 3 is 2.96 bits per heavy atom. The van der Waals surface area contributed by atoms with E-state index in [-0.39, 0.29) is 5.91 Å². The van der Waals surface area contributed by atoms with Crippen LogP contribution in [-0.4, -0.2) is 25.5 Å². The SMILES string of the molecule is Cc1c(C(=O)NCC2CCCNC2)oc2c1ccc1ccccc12. The van der Waals surface area contributed by atoms with Crippen LogP contribution in [0.4, 0.5) is 0 Å². The van der Waals surface area contributed by atoms with Gasteiger partial charge in [0.05, 0.1) is 0 Å². The number of furan rings is 1. The monoisotopic (exact) mass is 322 g/mol. The maximum Gasteiger partial charge on any atom is 0.287 e. The van der Waals surface area contributed by atoms with Gasteiger partial charge < -0.3 is 15.1 Å². The van der Waals surface area contributed by atoms with E-state index in [1.807, 2.05) is 31.2 Å². The maximum atomic E-state index is 12.6. The Kier molecular flexibility index (Phi) is 3.98. The lowest BCUT2D eigenvalue weighted by atomic mass is 10.00. The van der Waals surface area contributed by atoms with Crippen LogP contribution >= 0.6 is 0 Å². The van der Waals surface area contributed by atoms with Crippen LogP contribution in [0.15, 0.2) is 40.8 Å². The van der Waals surface area contributed by atoms with E-state index in [1.165, 1.54) is 6.42 Å². The summed E-state index contributed by atoms with van der Waals surface area (Å²) >= 11 is 0. The predicted octanol–water partition coefficient (Wildman–Crippen LogP) is 3.62. The van der Waals surface area contributed by atoms with Crippen LogP contribution in [0.5, 0.6) is 0 Å². The van der Waals surface area contributed by atoms with E-state index in [0.717, 1.165) is 46.8 Å². The third-order valence-electron chi connectivity index (χ3n) is 4.98. The number of rotatable bonds is 3. The summed E-state index contributed by atoms with van der Waals surface area (Å²) in [5, 5.41) is 9.61. The highest BCUT2D eigenvalue weighted by Crippen LogP contribution is 2.31. The smallest absolute Gasteiger partial charge is 0.287 e. The van der Waals surface area contributed by atoms with Crippen molar-refractivity contribution in [2.24, 2.45) is 5.92 Å². The second-order valence-corrected chi connectivity index (χ2v) is 6.64. The normalized spacial score (nSPS) is 18.1. The number of fused-ring (bicyclic) bond motifs is 3. The first-order valence-corrected chi connectivity index (χ1v) is 8.64. The standard InChI is InChI=1S/C20H22N2O2/c1-13-16-9-8-15-6-2-3-7-17(15)19(16)24-18(13)20(23)22-12-14-5-4-10-21-11-14/h2-3,6-9,14,21H,4-5,10-12H2,1H3,(H,22,23). The Hall–Kier alpha value is -2.33. The summed E-state index contributed by atoms with van der Waals surface area (Å²) in [6.07, 6.45) is 2.34. The molecule has 0 saturated carbocycles. The molecule has 2 aromatic carbocycles. The molecule has 2 N–H and O–H groups in total. The molecule has 1 saturated heterocycles. The van der Waals surface area contributed by atoms with Crippen LogP contribution in [0.1, 0.15) is 29.0 Å². The predicted molar refractivity (Wildman–Crippen MR) is 96.4 cm³/mol. The highest BCUT2D eigenvalue weighted by Gasteiger charge is 2.20. The van der Waals surface area contributed by atoms with E-state index in [9.17, 15) is 4.79 Å². The van der Waals surface area contributed by atoms with Gasteiger partial charge in [-0.2, -0.15) is 0 Å². The van der Waals surface area contributed by atoms with Gasteiger partial charge in [0.15, 0.2) is 5.76 Å². The summed E-state index contributed by atoms with van der Waals surface area (Å²) in [5.41, 5.74) is 1.71. The second kappa shape index (κ2) is 6.29. The molecule has 0 bridgehead atoms. The highest BCUT2D eigenvalue weighted by molar-refractivity contribution is 6.08. The number of piperidine rings is 1. The van der Waals surface area contributed by atoms with Gasteiger partial charge in [-0.05, 0) is 44.2 Å². The minimum atomic E-state index is -0.113. The first kappa shape index (κ1) is 15.2. The first-order valence-electron chi connectivity index (χ1n) is 8.64. The van der Waals surface area contributed by atoms with Crippen LogP contribution < -0.4 is 10.6 Å². The third-order valence-corrected chi connectivity index (χ3v) is 4.98. The Morgan fingerprint density at radius 1 is 1.25 bits per heavy atom. The maximum absolute atomic E-state index is 12.6. The highest BCUT2D eigenvalue weighted by atomic mass is 16.3. The molecule has 1 fully saturated rings. The molecule has 0 aliphatic carbocycles. The fraction of sp³-hybridized carbons (Fsp3) is 0.350. The van der Waals surface area contributed by atoms with Crippen molar-refractivity contribution in [2.45, 2.75) is 19.8 Å². The average molecular weight is 322 g/mol. The zero-order chi connectivity index (χ0) is 16.5. The number of hydrogen-bond donors (Lipinski definition) is 2. The number of carbonyl (C=O) groups excluding carboxylic acids is 1. The van der Waals surface area contributed by atoms with Gasteiger partial charge in [0.25, 0.3) is 5.91 Å². The number of carbonyl (C=O) groups is 1. The van der Waals surface area contributed by atoms with Gasteiger partial charge in [0.1, 0.15) is 5.58 Å². The van der Waals surface area contributed by atoms with Crippen molar-refractivity contribution in [1.29, 1.82) is 0 Å². The van der Waals surface area contributed by atoms with Gasteiger partial charge in [0, 0.05) is 22.9 Å². The summed E-state index contributed by atoms with van der Waals surface area (Å²) in [7, 11) is 0. The van der Waals surface area contributed by atoms with Crippen LogP contribution in [-0.2, 0) is 0 Å². The molecule has 4 nitrogen and oxygen atoms in total. The summed E-state index contributed by atoms with van der Waals surface area (Å²) in [6, 6.07) is 12.2. The fourth-order valence-electron chi connectivity index (χ4n) is 3.58. The Labute approximate surface area is 141 Å². The largest absolute Gasteiger partial charge is 0.450 e. The van der Waals surface area contributed by atoms with Crippen LogP contribution in [0.25, 0.3) is 21.7 Å². The van der Waals surface area contributed by atoms with Crippen LogP contribution in [0.2, 0.25) is 0 Å². The van der Waals surface area contributed by atoms with Crippen molar-refractivity contribution < 1.29 is 9.21 Å². The number of amides is 1. The minimum absolute atomic E-state index is 0.113. The molecular formula is C20H22N2O2. The lowest BCUT2D eigenvalue weighted by Crippen LogP contribution is -2.38. The van der Waals surface area contributed by atoms with Crippen molar-refractivity contribution in [3.05, 3.63) is 47.7 Å². The number of hydrogen-bond acceptors (Lipinski definition) is 3. The zero-order valence-corrected chi connectivity index (χ0v) is 13.9. The molecule has 1 aliphatic rings. The van der Waals surface area contributed by atoms with E-state index in [4.69, 9.17) is 4.42 Å². The topological polar surface area (TPSA) is 54.3 Å². The van der Waals surface area contributed by atoms with Gasteiger partial charge in [0.2, 0.25) is 0 Å². The number of nitrogens with one attached hydrogen (secondary N) is 2. The van der Waals surface area contributed by atoms with E-state index >= 15 is 0 Å². The molecule has 2 heterocycles. The molecular weight excluding hydrogens is 300 g/mol. The molecule has 1 aromatic heterocycles. The molecule has 0 spiro atoms. The van der Waals surface area contributed by atoms with Crippen LogP contribution in [0.3, 0.4) is 0 Å². The lowest BCUT2D eigenvalue weighted by molar-refractivity contribution is 0.0918. The first-order chi connectivity index (χ1) is 11.7. The average Bonchev–Trinajstić information content (AvgIpc) is 2.98. The summed E-state index contributed by atoms with van der Waals surface area (Å²) in [5.74, 6) is 0.830. The summed E-state index contributed by atoms with van der Waals surface area (Å²) in [6.45, 7) is 4.71. The molecule has 1 unspecified atom stereocenters. The second-order valence-electron chi connectivity index (χ2n) is 6.64. The number of benzene rings is 2. The molecule has 4 rings (SSSR count). The van der Waals surface area contributed by atoms with Crippen molar-refractivity contribution in [1.82, 2.24) is 10.6 Å². The van der Waals surface area contributed by atoms with Gasteiger partial charge in [-0.25, -0.2) is 0 Å². The van der Waals surface area contributed by atoms with Crippen molar-refractivity contribution in [3.63, 3.8) is 0 Å². The molecule has 4 heteroatoms. The molecule has 3 aromatic rings. The number of aryl methyl sites for hydroxylation is 1. The van der Waals surface area contributed by atoms with Crippen LogP contribution in [0, 0.1) is 12.8 Å². The van der Waals surface area contributed by atoms with Crippen molar-refractivity contribution in [3.8, 4) is 0 Å². The third kappa shape index (κ3) is 2.67. The summed E-state index contributed by atoms with van der Waals surface area (Å²) in [4.78, 5) is 12.6.